The highest BCUT2D eigenvalue weighted by molar-refractivity contribution is 7.11. The van der Waals surface area contributed by atoms with Gasteiger partial charge in [-0.1, -0.05) is 36.4 Å². The van der Waals surface area contributed by atoms with E-state index in [1.807, 2.05) is 119 Å². The fourth-order valence-electron chi connectivity index (χ4n) is 14.0. The smallest absolute Gasteiger partial charge is 0.164 e. The largest absolute Gasteiger partial charge is 0.489 e. The van der Waals surface area contributed by atoms with Gasteiger partial charge in [-0.25, -0.2) is 57.1 Å². The molecule has 0 amide bonds. The fraction of sp³-hybridized carbons (Fsp3) is 0.241. The van der Waals surface area contributed by atoms with Crippen LogP contribution in [0.3, 0.4) is 0 Å². The lowest BCUT2D eigenvalue weighted by atomic mass is 10.0. The van der Waals surface area contributed by atoms with Gasteiger partial charge >= 0.3 is 0 Å². The molecule has 7 aromatic carbocycles. The van der Waals surface area contributed by atoms with Gasteiger partial charge in [0.2, 0.25) is 0 Å². The van der Waals surface area contributed by atoms with Crippen LogP contribution in [0.1, 0.15) is 91.5 Å². The molecular weight excluding hydrogens is 1490 g/mol. The first kappa shape index (κ1) is 73.6. The molecule has 6 N–H and O–H groups in total. The van der Waals surface area contributed by atoms with Gasteiger partial charge in [-0.3, -0.25) is 4.98 Å². The van der Waals surface area contributed by atoms with Gasteiger partial charge < -0.3 is 55.1 Å². The number of fused-ring (bicyclic) bond motifs is 3. The second-order valence-corrected chi connectivity index (χ2v) is 29.2. The van der Waals surface area contributed by atoms with Crippen LogP contribution in [0, 0.1) is 31.3 Å². The number of aryl methyl sites for hydroxylation is 4. The Morgan fingerprint density at radius 3 is 1.22 bits per heavy atom. The quantitative estimate of drug-likeness (QED) is 0.0602. The number of benzene rings is 7. The molecular formula is C87H81F3N16O8S. The third kappa shape index (κ3) is 18.3. The van der Waals surface area contributed by atoms with Crippen LogP contribution in [-0.2, 0) is 40.2 Å². The molecule has 0 saturated carbocycles. The number of nitrogens with two attached hydrogens (primary N) is 3. The van der Waals surface area contributed by atoms with Gasteiger partial charge in [0.15, 0.2) is 16.9 Å². The zero-order valence-electron chi connectivity index (χ0n) is 64.8. The molecule has 0 aliphatic carbocycles. The first-order valence-electron chi connectivity index (χ1n) is 38.7. The Labute approximate surface area is 666 Å². The van der Waals surface area contributed by atoms with E-state index in [4.69, 9.17) is 73.1 Å². The average molecular weight is 1570 g/mol. The summed E-state index contributed by atoms with van der Waals surface area (Å²) in [4.78, 5) is 31.6. The highest BCUT2D eigenvalue weighted by atomic mass is 32.1. The Balaban J connectivity index is 0.000000131. The summed E-state index contributed by atoms with van der Waals surface area (Å²) < 4.78 is 111. The second kappa shape index (κ2) is 35.0. The van der Waals surface area contributed by atoms with E-state index in [1.165, 1.54) is 66.2 Å². The Morgan fingerprint density at radius 1 is 0.409 bits per heavy atom. The highest BCUT2D eigenvalue weighted by Crippen LogP contribution is 2.41. The number of halogens is 3. The molecule has 3 fully saturated rings. The number of hydrogen-bond acceptors (Lipinski definition) is 22. The summed E-state index contributed by atoms with van der Waals surface area (Å²) in [6.07, 6.45) is 12.8. The lowest BCUT2D eigenvalue weighted by Crippen LogP contribution is -2.20. The standard InChI is InChI=1S/C30H28FN5O2.C29H27FN6O3.C28H26FN5O3S/c31-23-16-21(7-6-20-4-2-1-3-5-20)17-26(18-23)38-25-10-8-22(9-11-25)28-27-29(32)33-19-34-30(27)36(35-28)24-12-14-37-15-13-24;1-18-2-3-19(15-32-18)16-38-24-12-21(30)13-25(14-24)39-23-6-4-20(5-7-23)27-26-28(31)33-17-34-29(26)36(35-27)22-8-10-37-11-9-22;1-17-2-7-24(38-17)15-36-22-12-19(29)13-23(14-22)37-21-5-3-18(4-6-21)26-25-27(30)31-16-32-28(25)34(33-26)20-8-10-35-11-9-20/h1-5,8-11,16-19,24H,6-7,12-15H2,(H2,32,33,34);2-7,12-15,17,22H,8-11,16H2,1H3,(H2,31,33,34);2-7,12-14,16,20H,8-11,15H2,1H3,(H2,30,31,32)/i;;15D2. The maximum atomic E-state index is 14.4. The summed E-state index contributed by atoms with van der Waals surface area (Å²) in [5, 5.41) is 16.8. The number of rotatable bonds is 21. The number of pyridine rings is 1. The minimum Gasteiger partial charge on any atom is -0.489 e. The Bertz CT molecular complexity index is 5970. The summed E-state index contributed by atoms with van der Waals surface area (Å²) >= 11 is 1.28. The molecule has 0 bridgehead atoms. The third-order valence-corrected chi connectivity index (χ3v) is 20.7. The number of hydrogen-bond donors (Lipinski definition) is 3. The highest BCUT2D eigenvalue weighted by Gasteiger charge is 2.28. The normalized spacial score (nSPS) is 14.5. The average Bonchev–Trinajstić information content (AvgIpc) is 1.65. The number of anilines is 3. The summed E-state index contributed by atoms with van der Waals surface area (Å²) in [5.41, 5.74) is 29.4. The zero-order valence-corrected chi connectivity index (χ0v) is 63.6. The molecule has 584 valence electrons. The maximum Gasteiger partial charge on any atom is 0.164 e. The van der Waals surface area contributed by atoms with E-state index >= 15 is 0 Å². The lowest BCUT2D eigenvalue weighted by Gasteiger charge is -2.22. The van der Waals surface area contributed by atoms with Crippen molar-refractivity contribution in [3.8, 4) is 79.8 Å². The van der Waals surface area contributed by atoms with Crippen LogP contribution in [0.2, 0.25) is 0 Å². The minimum absolute atomic E-state index is 0.0169. The molecule has 0 spiro atoms. The van der Waals surface area contributed by atoms with E-state index in [2.05, 4.69) is 47.0 Å². The van der Waals surface area contributed by atoms with E-state index < -0.39 is 18.2 Å². The van der Waals surface area contributed by atoms with Crippen LogP contribution >= 0.6 is 11.3 Å². The summed E-state index contributed by atoms with van der Waals surface area (Å²) in [6, 6.07) is 53.0. The van der Waals surface area contributed by atoms with Crippen molar-refractivity contribution in [2.75, 3.05) is 56.8 Å². The van der Waals surface area contributed by atoms with Crippen LogP contribution in [0.25, 0.3) is 66.9 Å². The number of ether oxygens (including phenoxy) is 8. The molecule has 8 aromatic heterocycles. The molecule has 3 saturated heterocycles. The van der Waals surface area contributed by atoms with Crippen molar-refractivity contribution in [1.82, 2.24) is 64.2 Å². The molecule has 28 heteroatoms. The van der Waals surface area contributed by atoms with Crippen molar-refractivity contribution in [2.24, 2.45) is 0 Å². The molecule has 115 heavy (non-hydrogen) atoms. The third-order valence-electron chi connectivity index (χ3n) is 19.8. The Hall–Kier alpha value is -12.9. The van der Waals surface area contributed by atoms with Gasteiger partial charge in [0.25, 0.3) is 0 Å². The van der Waals surface area contributed by atoms with Crippen molar-refractivity contribution >= 4 is 61.9 Å². The molecule has 24 nitrogen and oxygen atoms in total. The van der Waals surface area contributed by atoms with Crippen molar-refractivity contribution < 1.29 is 53.8 Å². The molecule has 15 aromatic rings. The van der Waals surface area contributed by atoms with E-state index in [1.54, 1.807) is 48.7 Å². The summed E-state index contributed by atoms with van der Waals surface area (Å²) in [5.74, 6) is 2.68. The SMILES string of the molecule is Cc1ccc(COc2cc(F)cc(Oc3ccc(-c4nn(C5CCOCC5)c5ncnc(N)c45)cc3)c2)cn1.Nc1ncnc2c1c(-c1ccc(Oc3cc(F)cc(CCc4ccccc4)c3)cc1)nn2C1CCOCC1.[2H]C([2H])(Oc1cc(F)cc(Oc2ccc(-c3nn(C4CCOCC4)c4ncnc(N)c34)cc2)c1)c1ccc(C)s1. The van der Waals surface area contributed by atoms with E-state index in [0.29, 0.717) is 130 Å². The van der Waals surface area contributed by atoms with Crippen LogP contribution < -0.4 is 40.9 Å². The molecule has 0 atom stereocenters. The number of thiophene rings is 1. The predicted octanol–water partition coefficient (Wildman–Crippen LogP) is 18.1. The second-order valence-electron chi connectivity index (χ2n) is 27.9. The fourth-order valence-corrected chi connectivity index (χ4v) is 14.7. The first-order valence-corrected chi connectivity index (χ1v) is 38.5. The van der Waals surface area contributed by atoms with Crippen LogP contribution in [-0.4, -0.2) is 104 Å². The number of nitrogens with zero attached hydrogens (tertiary/aromatic N) is 13. The van der Waals surface area contributed by atoms with Gasteiger partial charge in [0.05, 0.1) is 37.0 Å². The van der Waals surface area contributed by atoms with E-state index in [9.17, 15) is 13.2 Å². The molecule has 3 aliphatic rings. The molecule has 18 rings (SSSR count). The first-order chi connectivity index (χ1) is 56.9. The van der Waals surface area contributed by atoms with Crippen LogP contribution in [0.15, 0.2) is 207 Å². The van der Waals surface area contributed by atoms with Gasteiger partial charge in [-0.05, 0) is 179 Å². The minimum atomic E-state index is -2.12. The van der Waals surface area contributed by atoms with Crippen molar-refractivity contribution in [3.63, 3.8) is 0 Å². The maximum absolute atomic E-state index is 14.4. The van der Waals surface area contributed by atoms with Crippen molar-refractivity contribution in [2.45, 2.75) is 96.5 Å². The van der Waals surface area contributed by atoms with Gasteiger partial charge in [-0.15, -0.1) is 11.3 Å². The number of nitrogen functional groups attached to an aromatic ring is 3. The Kier molecular flexibility index (Phi) is 22.4. The van der Waals surface area contributed by atoms with Gasteiger partial charge in [-0.2, -0.15) is 15.3 Å². The van der Waals surface area contributed by atoms with Crippen LogP contribution in [0.5, 0.6) is 46.0 Å². The van der Waals surface area contributed by atoms with Gasteiger partial charge in [0, 0.05) is 126 Å². The van der Waals surface area contributed by atoms with Crippen LogP contribution in [0.4, 0.5) is 30.6 Å². The molecule has 3 aliphatic heterocycles. The lowest BCUT2D eigenvalue weighted by molar-refractivity contribution is 0.0673. The summed E-state index contributed by atoms with van der Waals surface area (Å²) in [7, 11) is 0. The number of aromatic nitrogens is 13. The topological polar surface area (TPSA) is 296 Å². The van der Waals surface area contributed by atoms with E-state index in [0.717, 1.165) is 113 Å². The monoisotopic (exact) mass is 1570 g/mol. The van der Waals surface area contributed by atoms with Gasteiger partial charge in [0.1, 0.15) is 130 Å². The molecule has 0 unspecified atom stereocenters. The van der Waals surface area contributed by atoms with Crippen molar-refractivity contribution in [1.29, 1.82) is 0 Å². The predicted molar refractivity (Wildman–Crippen MR) is 433 cm³/mol. The van der Waals surface area contributed by atoms with Crippen molar-refractivity contribution in [3.05, 3.63) is 257 Å². The zero-order chi connectivity index (χ0) is 80.5. The molecule has 11 heterocycles. The molecule has 0 radical (unpaired) electrons. The Morgan fingerprint density at radius 2 is 0.809 bits per heavy atom. The summed E-state index contributed by atoms with van der Waals surface area (Å²) in [6.45, 7) is 6.04. The van der Waals surface area contributed by atoms with E-state index in [-0.39, 0.29) is 42.0 Å².